The van der Waals surface area contributed by atoms with Crippen LogP contribution in [0, 0.1) is 6.92 Å². The zero-order chi connectivity index (χ0) is 11.7. The lowest BCUT2D eigenvalue weighted by Gasteiger charge is -2.09. The molecule has 0 fully saturated rings. The number of aliphatic hydroxyl groups excluding tert-OH is 1. The van der Waals surface area contributed by atoms with Crippen molar-refractivity contribution < 1.29 is 5.11 Å². The van der Waals surface area contributed by atoms with Gasteiger partial charge >= 0.3 is 0 Å². The van der Waals surface area contributed by atoms with Gasteiger partial charge in [-0.1, -0.05) is 12.1 Å². The number of fused-ring (bicyclic) bond motifs is 1. The molecular formula is C14H19NO. The van der Waals surface area contributed by atoms with Crippen molar-refractivity contribution in [2.75, 3.05) is 6.61 Å². The SMILES string of the molecule is Cc1ccc2c(CCO)cn(C(C)C)c2c1. The second-order valence-corrected chi connectivity index (χ2v) is 4.65. The second kappa shape index (κ2) is 4.30. The molecule has 0 bridgehead atoms. The van der Waals surface area contributed by atoms with Gasteiger partial charge in [0.05, 0.1) is 0 Å². The Labute approximate surface area is 96.5 Å². The zero-order valence-electron chi connectivity index (χ0n) is 10.2. The topological polar surface area (TPSA) is 25.2 Å². The van der Waals surface area contributed by atoms with E-state index in [2.05, 4.69) is 49.7 Å². The van der Waals surface area contributed by atoms with E-state index in [0.717, 1.165) is 6.42 Å². The molecular weight excluding hydrogens is 198 g/mol. The summed E-state index contributed by atoms with van der Waals surface area (Å²) in [5.74, 6) is 0. The molecule has 2 heteroatoms. The molecule has 2 rings (SSSR count). The van der Waals surface area contributed by atoms with Gasteiger partial charge in [0.1, 0.15) is 0 Å². The normalized spacial score (nSPS) is 11.6. The summed E-state index contributed by atoms with van der Waals surface area (Å²) in [5.41, 5.74) is 3.80. The fourth-order valence-corrected chi connectivity index (χ4v) is 2.18. The van der Waals surface area contributed by atoms with E-state index in [1.54, 1.807) is 0 Å². The summed E-state index contributed by atoms with van der Waals surface area (Å²) in [6.07, 6.45) is 2.91. The molecule has 2 aromatic rings. The van der Waals surface area contributed by atoms with E-state index in [1.807, 2.05) is 0 Å². The number of aryl methyl sites for hydroxylation is 1. The largest absolute Gasteiger partial charge is 0.396 e. The van der Waals surface area contributed by atoms with Crippen molar-refractivity contribution in [2.24, 2.45) is 0 Å². The Bertz CT molecular complexity index is 497. The van der Waals surface area contributed by atoms with Crippen LogP contribution in [0.25, 0.3) is 10.9 Å². The average Bonchev–Trinajstić information content (AvgIpc) is 2.57. The van der Waals surface area contributed by atoms with Crippen LogP contribution in [0.3, 0.4) is 0 Å². The van der Waals surface area contributed by atoms with Crippen LogP contribution in [-0.4, -0.2) is 16.3 Å². The molecule has 2 nitrogen and oxygen atoms in total. The molecule has 0 atom stereocenters. The summed E-state index contributed by atoms with van der Waals surface area (Å²) in [4.78, 5) is 0. The van der Waals surface area contributed by atoms with Gasteiger partial charge in [-0.25, -0.2) is 0 Å². The molecule has 1 aromatic heterocycles. The highest BCUT2D eigenvalue weighted by Gasteiger charge is 2.09. The van der Waals surface area contributed by atoms with Gasteiger partial charge in [0.15, 0.2) is 0 Å². The number of nitrogens with zero attached hydrogens (tertiary/aromatic N) is 1. The third-order valence-corrected chi connectivity index (χ3v) is 3.01. The van der Waals surface area contributed by atoms with Crippen molar-refractivity contribution in [2.45, 2.75) is 33.2 Å². The first-order valence-corrected chi connectivity index (χ1v) is 5.84. The molecule has 1 N–H and O–H groups in total. The molecule has 16 heavy (non-hydrogen) atoms. The minimum atomic E-state index is 0.213. The summed E-state index contributed by atoms with van der Waals surface area (Å²) in [7, 11) is 0. The summed E-state index contributed by atoms with van der Waals surface area (Å²) in [6, 6.07) is 6.97. The van der Waals surface area contributed by atoms with Crippen LogP contribution < -0.4 is 0 Å². The van der Waals surface area contributed by atoms with Crippen LogP contribution in [0.15, 0.2) is 24.4 Å². The van der Waals surface area contributed by atoms with E-state index in [4.69, 9.17) is 5.11 Å². The zero-order valence-corrected chi connectivity index (χ0v) is 10.2. The van der Waals surface area contributed by atoms with E-state index in [9.17, 15) is 0 Å². The summed E-state index contributed by atoms with van der Waals surface area (Å²) < 4.78 is 2.29. The number of benzene rings is 1. The number of hydrogen-bond donors (Lipinski definition) is 1. The monoisotopic (exact) mass is 217 g/mol. The van der Waals surface area contributed by atoms with Crippen LogP contribution >= 0.6 is 0 Å². The lowest BCUT2D eigenvalue weighted by Crippen LogP contribution is -1.98. The standard InChI is InChI=1S/C14H19NO/c1-10(2)15-9-12(6-7-16)13-5-4-11(3)8-14(13)15/h4-5,8-10,16H,6-7H2,1-3H3. The maximum atomic E-state index is 9.07. The predicted molar refractivity (Wildman–Crippen MR) is 67.8 cm³/mol. The number of hydrogen-bond acceptors (Lipinski definition) is 1. The molecule has 0 saturated heterocycles. The van der Waals surface area contributed by atoms with Crippen LogP contribution in [0.4, 0.5) is 0 Å². The molecule has 0 radical (unpaired) electrons. The fraction of sp³-hybridized carbons (Fsp3) is 0.429. The Balaban J connectivity index is 2.66. The van der Waals surface area contributed by atoms with Crippen LogP contribution in [0.1, 0.15) is 31.0 Å². The molecule has 0 aliphatic rings. The molecule has 1 aromatic carbocycles. The highest BCUT2D eigenvalue weighted by Crippen LogP contribution is 2.25. The number of rotatable bonds is 3. The van der Waals surface area contributed by atoms with Crippen LogP contribution in [0.2, 0.25) is 0 Å². The first kappa shape index (κ1) is 11.2. The van der Waals surface area contributed by atoms with Gasteiger partial charge in [-0.3, -0.25) is 0 Å². The van der Waals surface area contributed by atoms with Gasteiger partial charge in [-0.2, -0.15) is 0 Å². The van der Waals surface area contributed by atoms with Crippen molar-refractivity contribution in [1.82, 2.24) is 4.57 Å². The van der Waals surface area contributed by atoms with Crippen molar-refractivity contribution in [1.29, 1.82) is 0 Å². The predicted octanol–water partition coefficient (Wildman–Crippen LogP) is 3.07. The maximum absolute atomic E-state index is 9.07. The molecule has 1 heterocycles. The Morgan fingerprint density at radius 1 is 1.31 bits per heavy atom. The first-order valence-electron chi connectivity index (χ1n) is 5.84. The summed E-state index contributed by atoms with van der Waals surface area (Å²) >= 11 is 0. The number of aliphatic hydroxyl groups is 1. The van der Waals surface area contributed by atoms with Crippen molar-refractivity contribution >= 4 is 10.9 Å². The third-order valence-electron chi connectivity index (χ3n) is 3.01. The summed E-state index contributed by atoms with van der Waals surface area (Å²) in [6.45, 7) is 6.70. The smallest absolute Gasteiger partial charge is 0.0488 e. The van der Waals surface area contributed by atoms with E-state index in [-0.39, 0.29) is 6.61 Å². The van der Waals surface area contributed by atoms with Gasteiger partial charge in [0.2, 0.25) is 0 Å². The first-order chi connectivity index (χ1) is 7.63. The second-order valence-electron chi connectivity index (χ2n) is 4.65. The van der Waals surface area contributed by atoms with Gasteiger partial charge in [0.25, 0.3) is 0 Å². The lowest BCUT2D eigenvalue weighted by molar-refractivity contribution is 0.300. The number of aromatic nitrogens is 1. The van der Waals surface area contributed by atoms with Crippen LogP contribution in [-0.2, 0) is 6.42 Å². The average molecular weight is 217 g/mol. The Morgan fingerprint density at radius 2 is 2.06 bits per heavy atom. The molecule has 0 amide bonds. The van der Waals surface area contributed by atoms with Gasteiger partial charge < -0.3 is 9.67 Å². The fourth-order valence-electron chi connectivity index (χ4n) is 2.18. The maximum Gasteiger partial charge on any atom is 0.0488 e. The van der Waals surface area contributed by atoms with Gasteiger partial charge in [-0.15, -0.1) is 0 Å². The Morgan fingerprint density at radius 3 is 2.69 bits per heavy atom. The van der Waals surface area contributed by atoms with Gasteiger partial charge in [0, 0.05) is 29.7 Å². The van der Waals surface area contributed by atoms with E-state index < -0.39 is 0 Å². The molecule has 0 aliphatic carbocycles. The van der Waals surface area contributed by atoms with E-state index in [0.29, 0.717) is 6.04 Å². The molecule has 0 aliphatic heterocycles. The Hall–Kier alpha value is -1.28. The molecule has 86 valence electrons. The highest BCUT2D eigenvalue weighted by atomic mass is 16.2. The minimum absolute atomic E-state index is 0.213. The highest BCUT2D eigenvalue weighted by molar-refractivity contribution is 5.84. The third kappa shape index (κ3) is 1.85. The quantitative estimate of drug-likeness (QED) is 0.839. The van der Waals surface area contributed by atoms with E-state index in [1.165, 1.54) is 22.0 Å². The summed E-state index contributed by atoms with van der Waals surface area (Å²) in [5, 5.41) is 10.3. The molecule has 0 unspecified atom stereocenters. The molecule has 0 spiro atoms. The lowest BCUT2D eigenvalue weighted by atomic mass is 10.1. The van der Waals surface area contributed by atoms with Crippen molar-refractivity contribution in [3.05, 3.63) is 35.5 Å². The minimum Gasteiger partial charge on any atom is -0.396 e. The van der Waals surface area contributed by atoms with Gasteiger partial charge in [-0.05, 0) is 44.4 Å². The van der Waals surface area contributed by atoms with Crippen molar-refractivity contribution in [3.8, 4) is 0 Å². The Kier molecular flexibility index (Phi) is 3.01. The van der Waals surface area contributed by atoms with E-state index >= 15 is 0 Å². The van der Waals surface area contributed by atoms with Crippen molar-refractivity contribution in [3.63, 3.8) is 0 Å². The van der Waals surface area contributed by atoms with Crippen LogP contribution in [0.5, 0.6) is 0 Å². The molecule has 0 saturated carbocycles.